The van der Waals surface area contributed by atoms with Crippen LogP contribution in [0.5, 0.6) is 5.75 Å². The number of rotatable bonds is 6. The number of nitrogens with one attached hydrogen (secondary N) is 1. The molecule has 0 spiro atoms. The zero-order valence-electron chi connectivity index (χ0n) is 15.4. The first-order valence-electron chi connectivity index (χ1n) is 8.58. The van der Waals surface area contributed by atoms with E-state index < -0.39 is 17.9 Å². The van der Waals surface area contributed by atoms with Gasteiger partial charge in [0.25, 0.3) is 11.8 Å². The first-order chi connectivity index (χ1) is 13.4. The van der Waals surface area contributed by atoms with Crippen LogP contribution in [-0.2, 0) is 4.79 Å². The molecule has 5 nitrogen and oxygen atoms in total. The van der Waals surface area contributed by atoms with Gasteiger partial charge in [-0.2, -0.15) is 0 Å². The number of aryl methyl sites for hydroxylation is 1. The van der Waals surface area contributed by atoms with Gasteiger partial charge in [-0.05, 0) is 43.7 Å². The molecule has 0 radical (unpaired) electrons. The number of anilines is 1. The topological polar surface area (TPSA) is 81.4 Å². The number of thiophene rings is 1. The van der Waals surface area contributed by atoms with Gasteiger partial charge in [-0.25, -0.2) is 4.39 Å². The zero-order chi connectivity index (χ0) is 20.3. The number of carbonyl (C=O) groups excluding carboxylic acids is 2. The van der Waals surface area contributed by atoms with Crippen molar-refractivity contribution in [3.63, 3.8) is 0 Å². The van der Waals surface area contributed by atoms with E-state index in [9.17, 15) is 14.0 Å². The summed E-state index contributed by atoms with van der Waals surface area (Å²) in [5.41, 5.74) is 7.02. The molecule has 0 aliphatic carbocycles. The van der Waals surface area contributed by atoms with Crippen LogP contribution in [0.4, 0.5) is 9.39 Å². The van der Waals surface area contributed by atoms with Crippen molar-refractivity contribution < 1.29 is 18.7 Å². The van der Waals surface area contributed by atoms with Gasteiger partial charge in [-0.15, -0.1) is 11.3 Å². The Morgan fingerprint density at radius 1 is 1.11 bits per heavy atom. The summed E-state index contributed by atoms with van der Waals surface area (Å²) in [5.74, 6) is -0.888. The molecule has 1 atom stereocenters. The van der Waals surface area contributed by atoms with Gasteiger partial charge in [-0.1, -0.05) is 30.3 Å². The van der Waals surface area contributed by atoms with Gasteiger partial charge in [0.1, 0.15) is 16.6 Å². The van der Waals surface area contributed by atoms with Crippen molar-refractivity contribution >= 4 is 28.2 Å². The maximum atomic E-state index is 13.2. The van der Waals surface area contributed by atoms with Crippen molar-refractivity contribution in [3.8, 4) is 16.9 Å². The van der Waals surface area contributed by atoms with Crippen LogP contribution in [0.1, 0.15) is 22.2 Å². The first kappa shape index (κ1) is 19.6. The summed E-state index contributed by atoms with van der Waals surface area (Å²) in [7, 11) is 0. The van der Waals surface area contributed by atoms with E-state index in [0.29, 0.717) is 21.9 Å². The normalized spacial score (nSPS) is 11.7. The number of hydrogen-bond donors (Lipinski definition) is 2. The van der Waals surface area contributed by atoms with Crippen LogP contribution in [-0.4, -0.2) is 17.9 Å². The number of primary amides is 1. The fourth-order valence-corrected chi connectivity index (χ4v) is 3.89. The first-order valence-corrected chi connectivity index (χ1v) is 9.40. The van der Waals surface area contributed by atoms with Crippen LogP contribution in [0, 0.1) is 12.7 Å². The number of benzene rings is 2. The molecule has 0 saturated carbocycles. The van der Waals surface area contributed by atoms with Gasteiger partial charge in [-0.3, -0.25) is 9.59 Å². The SMILES string of the molecule is Cc1sc(NC(=O)C(C)Oc2ccccc2)c(C(N)=O)c1-c1ccc(F)cc1. The molecule has 0 aliphatic heterocycles. The zero-order valence-corrected chi connectivity index (χ0v) is 16.2. The molecule has 2 amide bonds. The Morgan fingerprint density at radius 3 is 2.36 bits per heavy atom. The van der Waals surface area contributed by atoms with E-state index in [1.165, 1.54) is 23.5 Å². The molecule has 0 bridgehead atoms. The Morgan fingerprint density at radius 2 is 1.75 bits per heavy atom. The summed E-state index contributed by atoms with van der Waals surface area (Å²) in [6.45, 7) is 3.43. The average molecular weight is 398 g/mol. The van der Waals surface area contributed by atoms with Gasteiger partial charge in [0.2, 0.25) is 0 Å². The van der Waals surface area contributed by atoms with Gasteiger partial charge < -0.3 is 15.8 Å². The molecular weight excluding hydrogens is 379 g/mol. The molecule has 3 N–H and O–H groups in total. The van der Waals surface area contributed by atoms with Crippen LogP contribution in [0.15, 0.2) is 54.6 Å². The Kier molecular flexibility index (Phi) is 5.75. The largest absolute Gasteiger partial charge is 0.481 e. The highest BCUT2D eigenvalue weighted by Gasteiger charge is 2.24. The summed E-state index contributed by atoms with van der Waals surface area (Å²) in [5, 5.41) is 3.08. The lowest BCUT2D eigenvalue weighted by Crippen LogP contribution is -2.30. The van der Waals surface area contributed by atoms with Crippen LogP contribution in [0.3, 0.4) is 0 Å². The molecule has 3 rings (SSSR count). The predicted octanol–water partition coefficient (Wildman–Crippen LogP) is 4.37. The highest BCUT2D eigenvalue weighted by atomic mass is 32.1. The highest BCUT2D eigenvalue weighted by molar-refractivity contribution is 7.17. The Balaban J connectivity index is 1.87. The fraction of sp³-hybridized carbons (Fsp3) is 0.143. The maximum Gasteiger partial charge on any atom is 0.265 e. The molecule has 2 aromatic carbocycles. The van der Waals surface area contributed by atoms with Crippen molar-refractivity contribution in [2.24, 2.45) is 5.73 Å². The molecule has 3 aromatic rings. The number of para-hydroxylation sites is 1. The summed E-state index contributed by atoms with van der Waals surface area (Å²) in [4.78, 5) is 25.5. The van der Waals surface area contributed by atoms with Crippen LogP contribution in [0.2, 0.25) is 0 Å². The molecule has 0 aliphatic rings. The van der Waals surface area contributed by atoms with E-state index in [-0.39, 0.29) is 11.4 Å². The predicted molar refractivity (Wildman–Crippen MR) is 108 cm³/mol. The number of ether oxygens (including phenoxy) is 1. The minimum absolute atomic E-state index is 0.203. The summed E-state index contributed by atoms with van der Waals surface area (Å²) < 4.78 is 18.9. The molecular formula is C21H19FN2O3S. The number of nitrogens with two attached hydrogens (primary N) is 1. The molecule has 7 heteroatoms. The summed E-state index contributed by atoms with van der Waals surface area (Å²) >= 11 is 1.24. The molecule has 0 fully saturated rings. The minimum atomic E-state index is -0.778. The third kappa shape index (κ3) is 4.20. The number of amides is 2. The van der Waals surface area contributed by atoms with Crippen molar-refractivity contribution in [2.45, 2.75) is 20.0 Å². The highest BCUT2D eigenvalue weighted by Crippen LogP contribution is 2.39. The van der Waals surface area contributed by atoms with Crippen molar-refractivity contribution in [2.75, 3.05) is 5.32 Å². The van der Waals surface area contributed by atoms with Gasteiger partial charge in [0, 0.05) is 10.4 Å². The Hall–Kier alpha value is -3.19. The quantitative estimate of drug-likeness (QED) is 0.647. The number of carbonyl (C=O) groups is 2. The van der Waals surface area contributed by atoms with Crippen LogP contribution in [0.25, 0.3) is 11.1 Å². The lowest BCUT2D eigenvalue weighted by Gasteiger charge is -2.14. The monoisotopic (exact) mass is 398 g/mol. The van der Waals surface area contributed by atoms with E-state index in [1.807, 2.05) is 25.1 Å². The third-order valence-electron chi connectivity index (χ3n) is 4.13. The third-order valence-corrected chi connectivity index (χ3v) is 5.15. The van der Waals surface area contributed by atoms with E-state index in [2.05, 4.69) is 5.32 Å². The molecule has 1 heterocycles. The lowest BCUT2D eigenvalue weighted by molar-refractivity contribution is -0.122. The molecule has 28 heavy (non-hydrogen) atoms. The van der Waals surface area contributed by atoms with Gasteiger partial charge in [0.05, 0.1) is 5.56 Å². The molecule has 1 aromatic heterocycles. The maximum absolute atomic E-state index is 13.2. The van der Waals surface area contributed by atoms with E-state index in [4.69, 9.17) is 10.5 Å². The molecule has 144 valence electrons. The smallest absolute Gasteiger partial charge is 0.265 e. The Labute approximate surface area is 166 Å². The second-order valence-electron chi connectivity index (χ2n) is 6.17. The minimum Gasteiger partial charge on any atom is -0.481 e. The van der Waals surface area contributed by atoms with E-state index in [1.54, 1.807) is 31.2 Å². The second-order valence-corrected chi connectivity index (χ2v) is 7.40. The van der Waals surface area contributed by atoms with Crippen molar-refractivity contribution in [1.29, 1.82) is 0 Å². The molecule has 0 saturated heterocycles. The van der Waals surface area contributed by atoms with Crippen molar-refractivity contribution in [1.82, 2.24) is 0 Å². The van der Waals surface area contributed by atoms with Crippen molar-refractivity contribution in [3.05, 3.63) is 70.9 Å². The number of halogens is 1. The average Bonchev–Trinajstić information content (AvgIpc) is 2.99. The second kappa shape index (κ2) is 8.22. The van der Waals surface area contributed by atoms with E-state index >= 15 is 0 Å². The lowest BCUT2D eigenvalue weighted by atomic mass is 10.0. The van der Waals surface area contributed by atoms with Crippen LogP contribution < -0.4 is 15.8 Å². The Bertz CT molecular complexity index is 1000. The fourth-order valence-electron chi connectivity index (χ4n) is 2.80. The standard InChI is InChI=1S/C21H19FN2O3S/c1-12(27-16-6-4-3-5-7-16)20(26)24-21-18(19(23)25)17(13(2)28-21)14-8-10-15(22)11-9-14/h3-12H,1-2H3,(H2,23,25)(H,24,26). The van der Waals surface area contributed by atoms with E-state index in [0.717, 1.165) is 4.88 Å². The molecule has 1 unspecified atom stereocenters. The number of hydrogen-bond acceptors (Lipinski definition) is 4. The van der Waals surface area contributed by atoms with Crippen LogP contribution >= 0.6 is 11.3 Å². The summed E-state index contributed by atoms with van der Waals surface area (Å²) in [6, 6.07) is 14.7. The van der Waals surface area contributed by atoms with Gasteiger partial charge in [0.15, 0.2) is 6.10 Å². The summed E-state index contributed by atoms with van der Waals surface area (Å²) in [6.07, 6.45) is -0.778. The van der Waals surface area contributed by atoms with Gasteiger partial charge >= 0.3 is 0 Å².